The van der Waals surface area contributed by atoms with E-state index in [1.54, 1.807) is 13.8 Å². The van der Waals surface area contributed by atoms with E-state index in [4.69, 9.17) is 14.0 Å². The van der Waals surface area contributed by atoms with Gasteiger partial charge < -0.3 is 9.47 Å². The molecule has 3 aliphatic rings. The molecule has 1 saturated heterocycles. The van der Waals surface area contributed by atoms with E-state index in [2.05, 4.69) is 0 Å². The Kier molecular flexibility index (Phi) is 3.24. The fraction of sp³-hybridized carbons (Fsp3) is 1.00. The Labute approximate surface area is 124 Å². The monoisotopic (exact) mass is 348 g/mol. The fourth-order valence-electron chi connectivity index (χ4n) is 4.06. The quantitative estimate of drug-likeness (QED) is 0.626. The van der Waals surface area contributed by atoms with Crippen molar-refractivity contribution in [2.45, 2.75) is 55.9 Å². The lowest BCUT2D eigenvalue weighted by Crippen LogP contribution is -2.55. The lowest BCUT2D eigenvalue weighted by Gasteiger charge is -2.36. The van der Waals surface area contributed by atoms with E-state index in [1.807, 2.05) is 0 Å². The number of rotatable bonds is 3. The molecule has 1 N–H and O–H groups in total. The third-order valence-electron chi connectivity index (χ3n) is 4.88. The second-order valence-corrected chi connectivity index (χ2v) is 8.14. The van der Waals surface area contributed by atoms with Crippen molar-refractivity contribution in [2.24, 2.45) is 17.8 Å². The minimum atomic E-state index is -6.21. The van der Waals surface area contributed by atoms with Crippen molar-refractivity contribution in [3.05, 3.63) is 0 Å². The molecule has 0 aromatic carbocycles. The van der Waals surface area contributed by atoms with Gasteiger partial charge in [-0.3, -0.25) is 4.55 Å². The van der Waals surface area contributed by atoms with Gasteiger partial charge in [0.1, 0.15) is 0 Å². The van der Waals surface area contributed by atoms with Gasteiger partial charge in [0.05, 0.1) is 12.2 Å². The highest BCUT2D eigenvalue weighted by Gasteiger charge is 2.74. The normalized spacial score (nSPS) is 41.0. The van der Waals surface area contributed by atoms with E-state index in [9.17, 15) is 26.0 Å². The first kappa shape index (κ1) is 16.4. The third-order valence-corrected chi connectivity index (χ3v) is 5.80. The molecule has 0 amide bonds. The lowest BCUT2D eigenvalue weighted by atomic mass is 9.81. The van der Waals surface area contributed by atoms with Crippen molar-refractivity contribution in [1.82, 2.24) is 0 Å². The molecule has 22 heavy (non-hydrogen) atoms. The second kappa shape index (κ2) is 4.34. The van der Waals surface area contributed by atoms with Crippen LogP contribution in [-0.4, -0.2) is 42.1 Å². The van der Waals surface area contributed by atoms with Gasteiger partial charge >= 0.3 is 21.3 Å². The van der Waals surface area contributed by atoms with E-state index < -0.39 is 51.1 Å². The molecule has 1 aliphatic heterocycles. The van der Waals surface area contributed by atoms with Crippen LogP contribution in [0, 0.1) is 17.8 Å². The maximum Gasteiger partial charge on any atom is 0.431 e. The molecule has 5 nitrogen and oxygen atoms in total. The predicted molar refractivity (Wildman–Crippen MR) is 65.0 cm³/mol. The first-order valence-electron chi connectivity index (χ1n) is 6.86. The molecule has 0 aromatic heterocycles. The first-order valence-corrected chi connectivity index (χ1v) is 8.30. The van der Waals surface area contributed by atoms with Gasteiger partial charge in [0.25, 0.3) is 0 Å². The van der Waals surface area contributed by atoms with Crippen molar-refractivity contribution < 1.29 is 40.0 Å². The highest BCUT2D eigenvalue weighted by Crippen LogP contribution is 2.61. The summed E-state index contributed by atoms with van der Waals surface area (Å²) in [5.74, 6) is -9.05. The summed E-state index contributed by atoms with van der Waals surface area (Å²) in [7, 11) is -6.21. The van der Waals surface area contributed by atoms with Crippen molar-refractivity contribution in [3.8, 4) is 0 Å². The Morgan fingerprint density at radius 3 is 2.18 bits per heavy atom. The number of hydrogen-bond acceptors (Lipinski definition) is 4. The van der Waals surface area contributed by atoms with Crippen LogP contribution >= 0.6 is 0 Å². The largest absolute Gasteiger partial charge is 0.431 e. The maximum absolute atomic E-state index is 14.1. The second-order valence-electron chi connectivity index (χ2n) is 6.68. The van der Waals surface area contributed by atoms with Crippen LogP contribution in [0.5, 0.6) is 0 Å². The predicted octanol–water partition coefficient (Wildman–Crippen LogP) is 2.28. The highest BCUT2D eigenvalue weighted by atomic mass is 32.2. The Balaban J connectivity index is 1.90. The van der Waals surface area contributed by atoms with E-state index >= 15 is 0 Å². The number of ether oxygens (including phenoxy) is 2. The highest BCUT2D eigenvalue weighted by molar-refractivity contribution is 7.87. The molecule has 2 saturated carbocycles. The van der Waals surface area contributed by atoms with Crippen LogP contribution in [0.4, 0.5) is 17.6 Å². The first-order chi connectivity index (χ1) is 9.78. The van der Waals surface area contributed by atoms with Gasteiger partial charge in [-0.25, -0.2) is 0 Å². The summed E-state index contributed by atoms with van der Waals surface area (Å²) >= 11 is 0. The molecule has 4 unspecified atom stereocenters. The summed E-state index contributed by atoms with van der Waals surface area (Å²) < 4.78 is 96.2. The molecule has 10 heteroatoms. The van der Waals surface area contributed by atoms with Crippen molar-refractivity contribution in [1.29, 1.82) is 0 Å². The van der Waals surface area contributed by atoms with E-state index in [0.717, 1.165) is 0 Å². The summed E-state index contributed by atoms with van der Waals surface area (Å²) in [6, 6.07) is 0. The van der Waals surface area contributed by atoms with Crippen LogP contribution in [0.3, 0.4) is 0 Å². The lowest BCUT2D eigenvalue weighted by molar-refractivity contribution is -0.212. The molecule has 0 radical (unpaired) electrons. The minimum Gasteiger partial charge on any atom is -0.344 e. The van der Waals surface area contributed by atoms with E-state index in [-0.39, 0.29) is 18.8 Å². The van der Waals surface area contributed by atoms with Crippen LogP contribution in [0.2, 0.25) is 0 Å². The summed E-state index contributed by atoms with van der Waals surface area (Å²) in [6.07, 6.45) is -1.27. The van der Waals surface area contributed by atoms with Gasteiger partial charge in [0.15, 0.2) is 5.79 Å². The molecule has 3 rings (SSSR count). The van der Waals surface area contributed by atoms with E-state index in [1.165, 1.54) is 0 Å². The van der Waals surface area contributed by atoms with Crippen LogP contribution in [0.1, 0.15) is 26.7 Å². The molecule has 128 valence electrons. The van der Waals surface area contributed by atoms with Crippen molar-refractivity contribution in [2.75, 3.05) is 0 Å². The molecule has 2 aliphatic carbocycles. The summed E-state index contributed by atoms with van der Waals surface area (Å²) in [5, 5.41) is -5.53. The summed E-state index contributed by atoms with van der Waals surface area (Å²) in [4.78, 5) is 0. The third kappa shape index (κ3) is 2.03. The Morgan fingerprint density at radius 1 is 1.09 bits per heavy atom. The van der Waals surface area contributed by atoms with Gasteiger partial charge in [0, 0.05) is 5.92 Å². The molecule has 0 aromatic rings. The molecular weight excluding hydrogens is 332 g/mol. The summed E-state index contributed by atoms with van der Waals surface area (Å²) in [6.45, 7) is 3.20. The number of alkyl halides is 4. The standard InChI is InChI=1S/C12H16F4O5S/c1-10(2)20-8-5-3-6(9(8)21-10)7(4-5)11(13,14)12(15,16)22(17,18)19/h5-9H,3-4H2,1-2H3,(H,17,18,19)/t5?,6?,7?,8?,9-/m0/s1. The Morgan fingerprint density at radius 2 is 1.64 bits per heavy atom. The molecule has 0 spiro atoms. The van der Waals surface area contributed by atoms with Gasteiger partial charge in [-0.2, -0.15) is 26.0 Å². The number of halogens is 4. The topological polar surface area (TPSA) is 72.8 Å². The van der Waals surface area contributed by atoms with Crippen LogP contribution in [-0.2, 0) is 19.6 Å². The molecule has 5 atom stereocenters. The minimum absolute atomic E-state index is 0.216. The zero-order valence-electron chi connectivity index (χ0n) is 11.8. The van der Waals surface area contributed by atoms with Crippen molar-refractivity contribution >= 4 is 10.1 Å². The average Bonchev–Trinajstić information content (AvgIpc) is 2.94. The zero-order valence-corrected chi connectivity index (χ0v) is 12.6. The van der Waals surface area contributed by atoms with E-state index in [0.29, 0.717) is 0 Å². The van der Waals surface area contributed by atoms with Gasteiger partial charge in [-0.05, 0) is 38.5 Å². The number of hydrogen-bond donors (Lipinski definition) is 1. The van der Waals surface area contributed by atoms with Crippen molar-refractivity contribution in [3.63, 3.8) is 0 Å². The van der Waals surface area contributed by atoms with Crippen LogP contribution in [0.25, 0.3) is 0 Å². The Hall–Kier alpha value is -0.450. The zero-order chi connectivity index (χ0) is 16.7. The molecule has 2 bridgehead atoms. The fourth-order valence-corrected chi connectivity index (χ4v) is 4.56. The smallest absolute Gasteiger partial charge is 0.344 e. The van der Waals surface area contributed by atoms with Crippen LogP contribution < -0.4 is 0 Å². The molecule has 3 fully saturated rings. The van der Waals surface area contributed by atoms with Crippen LogP contribution in [0.15, 0.2) is 0 Å². The number of fused-ring (bicyclic) bond motifs is 5. The van der Waals surface area contributed by atoms with Gasteiger partial charge in [0.2, 0.25) is 0 Å². The maximum atomic E-state index is 14.1. The molecular formula is C12H16F4O5S. The summed E-state index contributed by atoms with van der Waals surface area (Å²) in [5.41, 5.74) is 0. The van der Waals surface area contributed by atoms with Gasteiger partial charge in [-0.1, -0.05) is 0 Å². The van der Waals surface area contributed by atoms with Gasteiger partial charge in [-0.15, -0.1) is 0 Å². The average molecular weight is 348 g/mol. The molecule has 1 heterocycles. The SMILES string of the molecule is CC1(C)OC2C3CC(C(C(F)(F)C(F)(F)S(=O)(=O)O)C3)[C@@H]2O1. The Bertz CT molecular complexity index is 590.